The lowest BCUT2D eigenvalue weighted by Crippen LogP contribution is -2.27. The Hall–Kier alpha value is -1.37. The first-order valence-electron chi connectivity index (χ1n) is 5.29. The minimum atomic E-state index is -4.44. The summed E-state index contributed by atoms with van der Waals surface area (Å²) in [7, 11) is 0. The first-order valence-corrected chi connectivity index (χ1v) is 5.29. The number of hydrogen-bond acceptors (Lipinski definition) is 4. The van der Waals surface area contributed by atoms with Crippen molar-refractivity contribution in [1.29, 1.82) is 0 Å². The van der Waals surface area contributed by atoms with Gasteiger partial charge in [-0.05, 0) is 13.3 Å². The van der Waals surface area contributed by atoms with Gasteiger partial charge in [-0.1, -0.05) is 0 Å². The molecule has 2 N–H and O–H groups in total. The molecule has 1 aromatic rings. The molecule has 1 atom stereocenters. The van der Waals surface area contributed by atoms with Gasteiger partial charge < -0.3 is 10.6 Å². The minimum Gasteiger partial charge on any atom is -0.355 e. The summed E-state index contributed by atoms with van der Waals surface area (Å²) in [6.07, 6.45) is -3.67. The van der Waals surface area contributed by atoms with E-state index >= 15 is 0 Å². The molecule has 1 fully saturated rings. The fourth-order valence-corrected chi connectivity index (χ4v) is 1.85. The van der Waals surface area contributed by atoms with Crippen LogP contribution in [0.15, 0.2) is 6.07 Å². The van der Waals surface area contributed by atoms with Crippen LogP contribution >= 0.6 is 0 Å². The van der Waals surface area contributed by atoms with Gasteiger partial charge in [0.2, 0.25) is 0 Å². The van der Waals surface area contributed by atoms with Gasteiger partial charge in [0.15, 0.2) is 0 Å². The summed E-state index contributed by atoms with van der Waals surface area (Å²) in [6, 6.07) is 0.977. The summed E-state index contributed by atoms with van der Waals surface area (Å²) in [5, 5.41) is 0. The van der Waals surface area contributed by atoms with Crippen LogP contribution in [0.5, 0.6) is 0 Å². The molecule has 0 amide bonds. The third-order valence-electron chi connectivity index (χ3n) is 2.66. The van der Waals surface area contributed by atoms with Gasteiger partial charge in [-0.15, -0.1) is 0 Å². The van der Waals surface area contributed by atoms with E-state index in [4.69, 9.17) is 5.73 Å². The summed E-state index contributed by atoms with van der Waals surface area (Å²) in [6.45, 7) is 2.62. The topological polar surface area (TPSA) is 55.0 Å². The van der Waals surface area contributed by atoms with E-state index in [1.165, 1.54) is 6.92 Å². The average molecular weight is 246 g/mol. The monoisotopic (exact) mass is 246 g/mol. The predicted molar refractivity (Wildman–Crippen MR) is 56.6 cm³/mol. The fraction of sp³-hybridized carbons (Fsp3) is 0.600. The van der Waals surface area contributed by atoms with E-state index in [1.807, 2.05) is 0 Å². The highest BCUT2D eigenvalue weighted by Gasteiger charge is 2.34. The molecule has 1 aromatic heterocycles. The molecular formula is C10H13F3N4. The van der Waals surface area contributed by atoms with Crippen LogP contribution in [0.25, 0.3) is 0 Å². The Morgan fingerprint density at radius 1 is 1.41 bits per heavy atom. The van der Waals surface area contributed by atoms with Gasteiger partial charge in [-0.3, -0.25) is 0 Å². The number of nitrogens with two attached hydrogens (primary N) is 1. The molecule has 0 aliphatic carbocycles. The Kier molecular flexibility index (Phi) is 2.94. The zero-order chi connectivity index (χ0) is 12.6. The van der Waals surface area contributed by atoms with E-state index in [9.17, 15) is 13.2 Å². The molecule has 0 spiro atoms. The van der Waals surface area contributed by atoms with E-state index in [0.29, 0.717) is 18.9 Å². The third-order valence-corrected chi connectivity index (χ3v) is 2.66. The van der Waals surface area contributed by atoms with Crippen molar-refractivity contribution in [1.82, 2.24) is 9.97 Å². The maximum atomic E-state index is 12.6. The maximum absolute atomic E-state index is 12.6. The van der Waals surface area contributed by atoms with Crippen molar-refractivity contribution in [2.75, 3.05) is 18.0 Å². The zero-order valence-corrected chi connectivity index (χ0v) is 9.33. The van der Waals surface area contributed by atoms with Crippen LogP contribution in [-0.2, 0) is 6.18 Å². The molecule has 1 saturated heterocycles. The van der Waals surface area contributed by atoms with Crippen LogP contribution in [0.4, 0.5) is 19.0 Å². The van der Waals surface area contributed by atoms with E-state index in [0.717, 1.165) is 12.5 Å². The second-order valence-electron chi connectivity index (χ2n) is 4.15. The van der Waals surface area contributed by atoms with Crippen molar-refractivity contribution in [3.63, 3.8) is 0 Å². The number of halogens is 3. The second-order valence-corrected chi connectivity index (χ2v) is 4.15. The molecule has 2 heterocycles. The molecule has 0 radical (unpaired) electrons. The summed E-state index contributed by atoms with van der Waals surface area (Å²) in [4.78, 5) is 9.18. The highest BCUT2D eigenvalue weighted by molar-refractivity contribution is 5.42. The molecule has 1 unspecified atom stereocenters. The minimum absolute atomic E-state index is 0.000363. The van der Waals surface area contributed by atoms with Crippen LogP contribution in [0, 0.1) is 6.92 Å². The predicted octanol–water partition coefficient (Wildman–Crippen LogP) is 1.34. The highest BCUT2D eigenvalue weighted by Crippen LogP contribution is 2.30. The Morgan fingerprint density at radius 2 is 2.12 bits per heavy atom. The van der Waals surface area contributed by atoms with Crippen molar-refractivity contribution in [3.05, 3.63) is 17.6 Å². The highest BCUT2D eigenvalue weighted by atomic mass is 19.4. The van der Waals surface area contributed by atoms with Gasteiger partial charge in [0.05, 0.1) is 0 Å². The molecule has 4 nitrogen and oxygen atoms in total. The molecule has 0 bridgehead atoms. The number of anilines is 1. The molecule has 0 saturated carbocycles. The lowest BCUT2D eigenvalue weighted by molar-refractivity contribution is -0.141. The number of hydrogen-bond donors (Lipinski definition) is 1. The van der Waals surface area contributed by atoms with Gasteiger partial charge >= 0.3 is 6.18 Å². The van der Waals surface area contributed by atoms with Gasteiger partial charge in [0, 0.05) is 25.2 Å². The zero-order valence-electron chi connectivity index (χ0n) is 9.33. The molecule has 7 heteroatoms. The van der Waals surface area contributed by atoms with Gasteiger partial charge in [0.25, 0.3) is 0 Å². The summed E-state index contributed by atoms with van der Waals surface area (Å²) in [5.41, 5.74) is 4.81. The molecule has 1 aliphatic rings. The Balaban J connectivity index is 2.32. The summed E-state index contributed by atoms with van der Waals surface area (Å²) >= 11 is 0. The second kappa shape index (κ2) is 4.14. The Labute approximate surface area is 96.7 Å². The quantitative estimate of drug-likeness (QED) is 0.812. The normalized spacial score (nSPS) is 21.0. The van der Waals surface area contributed by atoms with E-state index < -0.39 is 11.9 Å². The maximum Gasteiger partial charge on any atom is 0.433 e. The Morgan fingerprint density at radius 3 is 2.65 bits per heavy atom. The third kappa shape index (κ3) is 2.66. The fourth-order valence-electron chi connectivity index (χ4n) is 1.85. The van der Waals surface area contributed by atoms with E-state index in [2.05, 4.69) is 9.97 Å². The van der Waals surface area contributed by atoms with Crippen molar-refractivity contribution in [2.45, 2.75) is 25.6 Å². The van der Waals surface area contributed by atoms with Crippen LogP contribution in [0.2, 0.25) is 0 Å². The molecule has 17 heavy (non-hydrogen) atoms. The number of alkyl halides is 3. The van der Waals surface area contributed by atoms with Gasteiger partial charge in [0.1, 0.15) is 17.3 Å². The molecule has 1 aliphatic heterocycles. The lowest BCUT2D eigenvalue weighted by atomic mass is 10.3. The smallest absolute Gasteiger partial charge is 0.355 e. The van der Waals surface area contributed by atoms with Crippen LogP contribution in [-0.4, -0.2) is 29.1 Å². The Bertz CT molecular complexity index is 419. The largest absolute Gasteiger partial charge is 0.433 e. The summed E-state index contributed by atoms with van der Waals surface area (Å²) in [5.74, 6) is 0.424. The number of rotatable bonds is 1. The van der Waals surface area contributed by atoms with Crippen LogP contribution < -0.4 is 10.6 Å². The number of aryl methyl sites for hydroxylation is 1. The molecule has 0 aromatic carbocycles. The van der Waals surface area contributed by atoms with E-state index in [1.54, 1.807) is 4.90 Å². The lowest BCUT2D eigenvalue weighted by Gasteiger charge is -2.18. The van der Waals surface area contributed by atoms with E-state index in [-0.39, 0.29) is 11.9 Å². The molecule has 94 valence electrons. The standard InChI is InChI=1S/C10H13F3N4/c1-6-15-8(10(11,12)13)4-9(16-6)17-3-2-7(14)5-17/h4,7H,2-3,5,14H2,1H3. The van der Waals surface area contributed by atoms with Crippen LogP contribution in [0.3, 0.4) is 0 Å². The van der Waals surface area contributed by atoms with Gasteiger partial charge in [-0.2, -0.15) is 13.2 Å². The van der Waals surface area contributed by atoms with Crippen molar-refractivity contribution in [3.8, 4) is 0 Å². The SMILES string of the molecule is Cc1nc(N2CCC(N)C2)cc(C(F)(F)F)n1. The number of nitrogens with zero attached hydrogens (tertiary/aromatic N) is 3. The van der Waals surface area contributed by atoms with Crippen molar-refractivity contribution in [2.24, 2.45) is 5.73 Å². The van der Waals surface area contributed by atoms with Crippen molar-refractivity contribution >= 4 is 5.82 Å². The molecule has 2 rings (SSSR count). The first kappa shape index (κ1) is 12.1. The van der Waals surface area contributed by atoms with Crippen LogP contribution in [0.1, 0.15) is 17.9 Å². The van der Waals surface area contributed by atoms with Crippen molar-refractivity contribution < 1.29 is 13.2 Å². The summed E-state index contributed by atoms with van der Waals surface area (Å²) < 4.78 is 37.7. The average Bonchev–Trinajstić information content (AvgIpc) is 2.62. The number of aromatic nitrogens is 2. The first-order chi connectivity index (χ1) is 7.86. The van der Waals surface area contributed by atoms with Gasteiger partial charge in [-0.25, -0.2) is 9.97 Å². The molecular weight excluding hydrogens is 233 g/mol.